The van der Waals surface area contributed by atoms with Crippen molar-refractivity contribution in [3.8, 4) is 0 Å². The van der Waals surface area contributed by atoms with Gasteiger partial charge in [-0.2, -0.15) is 0 Å². The molecule has 0 amide bonds. The average Bonchev–Trinajstić information content (AvgIpc) is 2.65. The number of carbonyl (C=O) groups is 1. The van der Waals surface area contributed by atoms with Gasteiger partial charge in [-0.3, -0.25) is 4.79 Å². The van der Waals surface area contributed by atoms with Gasteiger partial charge in [0.15, 0.2) is 0 Å². The summed E-state index contributed by atoms with van der Waals surface area (Å²) in [6.07, 6.45) is 9.16. The Balaban J connectivity index is 2.15. The number of hydrogen-bond acceptors (Lipinski definition) is 3. The second-order valence-electron chi connectivity index (χ2n) is 6.39. The monoisotopic (exact) mass is 327 g/mol. The maximum Gasteiger partial charge on any atom is 0.316 e. The van der Waals surface area contributed by atoms with Crippen molar-refractivity contribution in [1.82, 2.24) is 4.90 Å². The number of rotatable bonds is 8. The van der Waals surface area contributed by atoms with Gasteiger partial charge in [-0.05, 0) is 32.0 Å². The van der Waals surface area contributed by atoms with Crippen LogP contribution in [-0.4, -0.2) is 37.1 Å². The SMILES string of the molecule is CCN(CC)CCOC(=O)C(C)(c1ccccc1)C1C=CC=CC1. The Labute approximate surface area is 146 Å². The molecule has 1 aliphatic carbocycles. The molecule has 0 heterocycles. The Kier molecular flexibility index (Phi) is 6.80. The van der Waals surface area contributed by atoms with E-state index in [0.29, 0.717) is 6.61 Å². The summed E-state index contributed by atoms with van der Waals surface area (Å²) in [5, 5.41) is 0. The molecule has 3 heteroatoms. The highest BCUT2D eigenvalue weighted by Gasteiger charge is 2.42. The van der Waals surface area contributed by atoms with E-state index in [1.165, 1.54) is 0 Å². The van der Waals surface area contributed by atoms with Crippen LogP contribution in [0, 0.1) is 5.92 Å². The summed E-state index contributed by atoms with van der Waals surface area (Å²) in [7, 11) is 0. The molecule has 0 fully saturated rings. The smallest absolute Gasteiger partial charge is 0.316 e. The van der Waals surface area contributed by atoms with Crippen LogP contribution in [0.25, 0.3) is 0 Å². The summed E-state index contributed by atoms with van der Waals surface area (Å²) in [5.41, 5.74) is 0.356. The Morgan fingerprint density at radius 3 is 2.50 bits per heavy atom. The van der Waals surface area contributed by atoms with Crippen LogP contribution in [0.4, 0.5) is 0 Å². The van der Waals surface area contributed by atoms with E-state index in [1.54, 1.807) is 0 Å². The number of ether oxygens (including phenoxy) is 1. The van der Waals surface area contributed by atoms with E-state index in [1.807, 2.05) is 49.4 Å². The van der Waals surface area contributed by atoms with Gasteiger partial charge in [0.25, 0.3) is 0 Å². The van der Waals surface area contributed by atoms with Gasteiger partial charge in [0.05, 0.1) is 5.41 Å². The highest BCUT2D eigenvalue weighted by Crippen LogP contribution is 2.38. The molecule has 0 saturated heterocycles. The highest BCUT2D eigenvalue weighted by atomic mass is 16.5. The van der Waals surface area contributed by atoms with Gasteiger partial charge < -0.3 is 9.64 Å². The number of likely N-dealkylation sites (N-methyl/N-ethyl adjacent to an activating group) is 1. The lowest BCUT2D eigenvalue weighted by molar-refractivity contribution is -0.152. The van der Waals surface area contributed by atoms with Crippen LogP contribution >= 0.6 is 0 Å². The molecule has 130 valence electrons. The number of hydrogen-bond donors (Lipinski definition) is 0. The molecule has 2 rings (SSSR count). The van der Waals surface area contributed by atoms with Crippen molar-refractivity contribution in [2.45, 2.75) is 32.6 Å². The molecular formula is C21H29NO2. The summed E-state index contributed by atoms with van der Waals surface area (Å²) < 4.78 is 5.71. The lowest BCUT2D eigenvalue weighted by atomic mass is 9.69. The largest absolute Gasteiger partial charge is 0.464 e. The van der Waals surface area contributed by atoms with Crippen molar-refractivity contribution < 1.29 is 9.53 Å². The van der Waals surface area contributed by atoms with Crippen molar-refractivity contribution in [2.75, 3.05) is 26.2 Å². The Morgan fingerprint density at radius 1 is 1.21 bits per heavy atom. The van der Waals surface area contributed by atoms with Crippen LogP contribution in [-0.2, 0) is 14.9 Å². The molecule has 3 nitrogen and oxygen atoms in total. The first-order valence-corrected chi connectivity index (χ1v) is 8.91. The molecule has 0 saturated carbocycles. The van der Waals surface area contributed by atoms with Crippen LogP contribution in [0.3, 0.4) is 0 Å². The Morgan fingerprint density at radius 2 is 1.92 bits per heavy atom. The molecule has 1 aliphatic rings. The summed E-state index contributed by atoms with van der Waals surface area (Å²) in [6.45, 7) is 9.42. The van der Waals surface area contributed by atoms with Crippen molar-refractivity contribution in [3.63, 3.8) is 0 Å². The van der Waals surface area contributed by atoms with E-state index in [0.717, 1.165) is 31.6 Å². The van der Waals surface area contributed by atoms with Gasteiger partial charge in [0.1, 0.15) is 6.61 Å². The summed E-state index contributed by atoms with van der Waals surface area (Å²) in [6, 6.07) is 10.0. The zero-order chi connectivity index (χ0) is 17.4. The van der Waals surface area contributed by atoms with Gasteiger partial charge in [0, 0.05) is 12.5 Å². The molecule has 0 bridgehead atoms. The highest BCUT2D eigenvalue weighted by molar-refractivity contribution is 5.83. The van der Waals surface area contributed by atoms with E-state index in [-0.39, 0.29) is 11.9 Å². The van der Waals surface area contributed by atoms with Crippen molar-refractivity contribution in [2.24, 2.45) is 5.92 Å². The van der Waals surface area contributed by atoms with Gasteiger partial charge in [-0.25, -0.2) is 0 Å². The topological polar surface area (TPSA) is 29.5 Å². The minimum Gasteiger partial charge on any atom is -0.464 e. The predicted octanol–water partition coefficient (Wildman–Crippen LogP) is 3.96. The molecule has 2 atom stereocenters. The van der Waals surface area contributed by atoms with Crippen LogP contribution in [0.1, 0.15) is 32.8 Å². The molecule has 1 aromatic rings. The molecule has 0 N–H and O–H groups in total. The number of benzene rings is 1. The van der Waals surface area contributed by atoms with Gasteiger partial charge >= 0.3 is 5.97 Å². The molecule has 2 unspecified atom stereocenters. The zero-order valence-corrected chi connectivity index (χ0v) is 15.1. The molecule has 0 spiro atoms. The number of carbonyl (C=O) groups excluding carboxylic acids is 1. The molecule has 0 aliphatic heterocycles. The minimum absolute atomic E-state index is 0.117. The van der Waals surface area contributed by atoms with Crippen LogP contribution < -0.4 is 0 Å². The third kappa shape index (κ3) is 4.15. The minimum atomic E-state index is -0.661. The Hall–Kier alpha value is -1.87. The van der Waals surface area contributed by atoms with Crippen LogP contribution in [0.2, 0.25) is 0 Å². The van der Waals surface area contributed by atoms with Crippen molar-refractivity contribution >= 4 is 5.97 Å². The lowest BCUT2D eigenvalue weighted by Crippen LogP contribution is -2.42. The molecular weight excluding hydrogens is 298 g/mol. The van der Waals surface area contributed by atoms with E-state index in [2.05, 4.69) is 30.9 Å². The normalized spacial score (nSPS) is 19.2. The van der Waals surface area contributed by atoms with Crippen molar-refractivity contribution in [3.05, 3.63) is 60.2 Å². The standard InChI is InChI=1S/C21H29NO2/c1-4-22(5-2)16-17-24-20(23)21(3,18-12-8-6-9-13-18)19-14-10-7-11-15-19/h6-14,19H,4-5,15-17H2,1-3H3. The maximum atomic E-state index is 13.0. The van der Waals surface area contributed by atoms with E-state index in [9.17, 15) is 4.79 Å². The average molecular weight is 327 g/mol. The predicted molar refractivity (Wildman–Crippen MR) is 98.9 cm³/mol. The van der Waals surface area contributed by atoms with Crippen LogP contribution in [0.5, 0.6) is 0 Å². The first-order valence-electron chi connectivity index (χ1n) is 8.91. The molecule has 1 aromatic carbocycles. The number of nitrogens with zero attached hydrogens (tertiary/aromatic N) is 1. The Bertz CT molecular complexity index is 575. The molecule has 0 radical (unpaired) electrons. The zero-order valence-electron chi connectivity index (χ0n) is 15.1. The second-order valence-corrected chi connectivity index (χ2v) is 6.39. The third-order valence-electron chi connectivity index (χ3n) is 5.05. The van der Waals surface area contributed by atoms with Crippen molar-refractivity contribution in [1.29, 1.82) is 0 Å². The number of allylic oxidation sites excluding steroid dienone is 4. The second kappa shape index (κ2) is 8.84. The third-order valence-corrected chi connectivity index (χ3v) is 5.05. The van der Waals surface area contributed by atoms with Crippen LogP contribution in [0.15, 0.2) is 54.6 Å². The summed E-state index contributed by atoms with van der Waals surface area (Å²) in [4.78, 5) is 15.3. The number of esters is 1. The fourth-order valence-electron chi connectivity index (χ4n) is 3.23. The quantitative estimate of drug-likeness (QED) is 0.677. The van der Waals surface area contributed by atoms with E-state index < -0.39 is 5.41 Å². The van der Waals surface area contributed by atoms with Gasteiger partial charge in [0.2, 0.25) is 0 Å². The van der Waals surface area contributed by atoms with Gasteiger partial charge in [-0.15, -0.1) is 0 Å². The first-order chi connectivity index (χ1) is 11.6. The van der Waals surface area contributed by atoms with Gasteiger partial charge in [-0.1, -0.05) is 68.5 Å². The first kappa shape index (κ1) is 18.5. The fourth-order valence-corrected chi connectivity index (χ4v) is 3.23. The molecule has 24 heavy (non-hydrogen) atoms. The summed E-state index contributed by atoms with van der Waals surface area (Å²) >= 11 is 0. The molecule has 0 aromatic heterocycles. The fraction of sp³-hybridized carbons (Fsp3) is 0.476. The maximum absolute atomic E-state index is 13.0. The summed E-state index contributed by atoms with van der Waals surface area (Å²) in [5.74, 6) is -0.0170. The van der Waals surface area contributed by atoms with E-state index in [4.69, 9.17) is 4.74 Å². The van der Waals surface area contributed by atoms with E-state index >= 15 is 0 Å². The lowest BCUT2D eigenvalue weighted by Gasteiger charge is -2.35.